The molecule has 0 aromatic heterocycles. The van der Waals surface area contributed by atoms with Crippen molar-refractivity contribution in [2.24, 2.45) is 5.92 Å². The number of nitrogens with zero attached hydrogens (tertiary/aromatic N) is 2. The second-order valence-corrected chi connectivity index (χ2v) is 7.99. The van der Waals surface area contributed by atoms with Crippen LogP contribution in [0.4, 0.5) is 0 Å². The SMILES string of the molecule is N#CC1(NC(=O)CN2CCC(NC(=O)C3CC3)CC2)CCCCCC1. The van der Waals surface area contributed by atoms with Crippen molar-refractivity contribution in [1.29, 1.82) is 5.26 Å². The van der Waals surface area contributed by atoms with Gasteiger partial charge in [-0.1, -0.05) is 25.7 Å². The summed E-state index contributed by atoms with van der Waals surface area (Å²) < 4.78 is 0. The summed E-state index contributed by atoms with van der Waals surface area (Å²) in [5, 5.41) is 15.7. The van der Waals surface area contributed by atoms with E-state index < -0.39 is 5.54 Å². The van der Waals surface area contributed by atoms with Crippen molar-refractivity contribution in [3.8, 4) is 6.07 Å². The van der Waals surface area contributed by atoms with Gasteiger partial charge in [0.1, 0.15) is 5.54 Å². The molecule has 2 saturated carbocycles. The lowest BCUT2D eigenvalue weighted by molar-refractivity contribution is -0.125. The molecule has 3 rings (SSSR count). The van der Waals surface area contributed by atoms with Crippen molar-refractivity contribution in [1.82, 2.24) is 15.5 Å². The number of carbonyl (C=O) groups excluding carboxylic acids is 2. The standard InChI is InChI=1S/C19H30N4O2/c20-14-19(9-3-1-2-4-10-19)22-17(24)13-23-11-7-16(8-12-23)21-18(25)15-5-6-15/h15-16H,1-13H2,(H,21,25)(H,22,24). The van der Waals surface area contributed by atoms with Gasteiger partial charge in [0.25, 0.3) is 0 Å². The molecule has 0 bridgehead atoms. The molecule has 2 amide bonds. The number of rotatable bonds is 5. The smallest absolute Gasteiger partial charge is 0.235 e. The van der Waals surface area contributed by atoms with Crippen LogP contribution in [0.2, 0.25) is 0 Å². The highest BCUT2D eigenvalue weighted by Gasteiger charge is 2.34. The Morgan fingerprint density at radius 1 is 1.04 bits per heavy atom. The second-order valence-electron chi connectivity index (χ2n) is 7.99. The molecule has 138 valence electrons. The van der Waals surface area contributed by atoms with Crippen LogP contribution < -0.4 is 10.6 Å². The van der Waals surface area contributed by atoms with E-state index in [1.165, 1.54) is 0 Å². The lowest BCUT2D eigenvalue weighted by Gasteiger charge is -2.33. The highest BCUT2D eigenvalue weighted by molar-refractivity contribution is 5.81. The van der Waals surface area contributed by atoms with Crippen molar-refractivity contribution in [2.45, 2.75) is 75.8 Å². The zero-order valence-electron chi connectivity index (χ0n) is 15.1. The molecule has 1 heterocycles. The fourth-order valence-corrected chi connectivity index (χ4v) is 4.01. The Morgan fingerprint density at radius 2 is 1.68 bits per heavy atom. The first-order valence-electron chi connectivity index (χ1n) is 9.85. The van der Waals surface area contributed by atoms with E-state index in [0.29, 0.717) is 6.54 Å². The maximum atomic E-state index is 12.4. The molecule has 2 N–H and O–H groups in total. The summed E-state index contributed by atoms with van der Waals surface area (Å²) in [4.78, 5) is 26.4. The topological polar surface area (TPSA) is 85.2 Å². The molecule has 6 heteroatoms. The van der Waals surface area contributed by atoms with E-state index in [9.17, 15) is 14.9 Å². The number of likely N-dealkylation sites (tertiary alicyclic amines) is 1. The van der Waals surface area contributed by atoms with Crippen LogP contribution in [0.25, 0.3) is 0 Å². The third-order valence-corrected chi connectivity index (χ3v) is 5.80. The summed E-state index contributed by atoms with van der Waals surface area (Å²) >= 11 is 0. The van der Waals surface area contributed by atoms with Crippen molar-refractivity contribution >= 4 is 11.8 Å². The fourth-order valence-electron chi connectivity index (χ4n) is 4.01. The fraction of sp³-hybridized carbons (Fsp3) is 0.842. The van der Waals surface area contributed by atoms with E-state index in [4.69, 9.17) is 0 Å². The highest BCUT2D eigenvalue weighted by Crippen LogP contribution is 2.29. The molecule has 25 heavy (non-hydrogen) atoms. The summed E-state index contributed by atoms with van der Waals surface area (Å²) in [6.45, 7) is 2.00. The van der Waals surface area contributed by atoms with E-state index in [0.717, 1.165) is 77.3 Å². The Hall–Kier alpha value is -1.61. The van der Waals surface area contributed by atoms with Crippen LogP contribution >= 0.6 is 0 Å². The molecule has 0 unspecified atom stereocenters. The minimum atomic E-state index is -0.663. The molecule has 0 aromatic rings. The van der Waals surface area contributed by atoms with Gasteiger partial charge in [-0.15, -0.1) is 0 Å². The van der Waals surface area contributed by atoms with Crippen molar-refractivity contribution in [3.05, 3.63) is 0 Å². The van der Waals surface area contributed by atoms with Gasteiger partial charge in [0.2, 0.25) is 11.8 Å². The molecule has 0 aromatic carbocycles. The highest BCUT2D eigenvalue weighted by atomic mass is 16.2. The molecule has 3 fully saturated rings. The first-order valence-corrected chi connectivity index (χ1v) is 9.85. The molecule has 3 aliphatic rings. The zero-order valence-corrected chi connectivity index (χ0v) is 15.1. The summed E-state index contributed by atoms with van der Waals surface area (Å²) in [5.41, 5.74) is -0.663. The number of amides is 2. The van der Waals surface area contributed by atoms with Gasteiger partial charge < -0.3 is 10.6 Å². The number of nitriles is 1. The summed E-state index contributed by atoms with van der Waals surface area (Å²) in [7, 11) is 0. The number of hydrogen-bond acceptors (Lipinski definition) is 4. The van der Waals surface area contributed by atoms with Gasteiger partial charge in [-0.05, 0) is 38.5 Å². The average molecular weight is 346 g/mol. The summed E-state index contributed by atoms with van der Waals surface area (Å²) in [6, 6.07) is 2.62. The molecule has 0 radical (unpaired) electrons. The molecular formula is C19H30N4O2. The Kier molecular flexibility index (Phi) is 5.95. The number of carbonyl (C=O) groups is 2. The van der Waals surface area contributed by atoms with Crippen LogP contribution in [0.3, 0.4) is 0 Å². The Bertz CT molecular complexity index is 522. The minimum Gasteiger partial charge on any atom is -0.353 e. The first-order chi connectivity index (χ1) is 12.1. The van der Waals surface area contributed by atoms with E-state index in [1.54, 1.807) is 0 Å². The van der Waals surface area contributed by atoms with Gasteiger partial charge in [0.05, 0.1) is 12.6 Å². The van der Waals surface area contributed by atoms with Crippen LogP contribution in [0.15, 0.2) is 0 Å². The molecule has 0 atom stereocenters. The van der Waals surface area contributed by atoms with Gasteiger partial charge in [-0.3, -0.25) is 14.5 Å². The molecule has 1 aliphatic heterocycles. The zero-order chi connectivity index (χ0) is 17.7. The molecule has 6 nitrogen and oxygen atoms in total. The molecule has 2 aliphatic carbocycles. The minimum absolute atomic E-state index is 0.0380. The van der Waals surface area contributed by atoms with Gasteiger partial charge in [-0.25, -0.2) is 0 Å². The lowest BCUT2D eigenvalue weighted by Crippen LogP contribution is -2.52. The second kappa shape index (κ2) is 8.18. The average Bonchev–Trinajstić information content (AvgIpc) is 3.44. The normalized spacial score (nSPS) is 24.8. The van der Waals surface area contributed by atoms with E-state index >= 15 is 0 Å². The largest absolute Gasteiger partial charge is 0.353 e. The van der Waals surface area contributed by atoms with Crippen LogP contribution in [0.5, 0.6) is 0 Å². The van der Waals surface area contributed by atoms with E-state index in [-0.39, 0.29) is 23.8 Å². The summed E-state index contributed by atoms with van der Waals surface area (Å²) in [6.07, 6.45) is 9.73. The van der Waals surface area contributed by atoms with E-state index in [2.05, 4.69) is 21.6 Å². The monoisotopic (exact) mass is 346 g/mol. The van der Waals surface area contributed by atoms with E-state index in [1.807, 2.05) is 0 Å². The maximum absolute atomic E-state index is 12.4. The van der Waals surface area contributed by atoms with Gasteiger partial charge in [0.15, 0.2) is 0 Å². The molecule has 0 spiro atoms. The number of piperidine rings is 1. The predicted octanol–water partition coefficient (Wildman–Crippen LogP) is 1.71. The molecule has 1 saturated heterocycles. The predicted molar refractivity (Wildman–Crippen MR) is 94.5 cm³/mol. The third kappa shape index (κ3) is 5.18. The Labute approximate surface area is 150 Å². The Morgan fingerprint density at radius 3 is 2.24 bits per heavy atom. The first kappa shape index (κ1) is 18.2. The van der Waals surface area contributed by atoms with Gasteiger partial charge >= 0.3 is 0 Å². The van der Waals surface area contributed by atoms with Crippen molar-refractivity contribution in [3.63, 3.8) is 0 Å². The van der Waals surface area contributed by atoms with Crippen LogP contribution in [0, 0.1) is 17.2 Å². The quantitative estimate of drug-likeness (QED) is 0.742. The molecular weight excluding hydrogens is 316 g/mol. The number of hydrogen-bond donors (Lipinski definition) is 2. The summed E-state index contributed by atoms with van der Waals surface area (Å²) in [5.74, 6) is 0.426. The van der Waals surface area contributed by atoms with Crippen LogP contribution in [-0.2, 0) is 9.59 Å². The van der Waals surface area contributed by atoms with Gasteiger partial charge in [0, 0.05) is 25.0 Å². The number of nitrogens with one attached hydrogen (secondary N) is 2. The third-order valence-electron chi connectivity index (χ3n) is 5.80. The van der Waals surface area contributed by atoms with Gasteiger partial charge in [-0.2, -0.15) is 5.26 Å². The van der Waals surface area contributed by atoms with Crippen molar-refractivity contribution < 1.29 is 9.59 Å². The van der Waals surface area contributed by atoms with Crippen LogP contribution in [0.1, 0.15) is 64.2 Å². The maximum Gasteiger partial charge on any atom is 0.235 e. The van der Waals surface area contributed by atoms with Crippen LogP contribution in [-0.4, -0.2) is 47.9 Å². The van der Waals surface area contributed by atoms with Crippen molar-refractivity contribution in [2.75, 3.05) is 19.6 Å². The Balaban J connectivity index is 1.41. The lowest BCUT2D eigenvalue weighted by atomic mass is 9.92.